The van der Waals surface area contributed by atoms with Crippen molar-refractivity contribution in [3.05, 3.63) is 84.0 Å². The molecule has 0 aromatic heterocycles. The first-order valence-electron chi connectivity index (χ1n) is 9.23. The van der Waals surface area contributed by atoms with E-state index in [1.54, 1.807) is 0 Å². The first kappa shape index (κ1) is 25.7. The number of halogens is 6. The van der Waals surface area contributed by atoms with Crippen LogP contribution in [0.2, 0.25) is 0 Å². The minimum Gasteiger partial charge on any atom is -0.423 e. The highest BCUT2D eigenvalue weighted by Crippen LogP contribution is 2.58. The second kappa shape index (κ2) is 9.13. The van der Waals surface area contributed by atoms with E-state index in [1.807, 2.05) is 0 Å². The molecule has 0 atom stereocenters. The van der Waals surface area contributed by atoms with E-state index in [4.69, 9.17) is 9.47 Å². The number of alkyl halides is 6. The van der Waals surface area contributed by atoms with Gasteiger partial charge in [-0.25, -0.2) is 9.59 Å². The number of hydrogen-bond acceptors (Lipinski definition) is 4. The molecule has 176 valence electrons. The Kier molecular flexibility index (Phi) is 7.11. The summed E-state index contributed by atoms with van der Waals surface area (Å²) < 4.78 is 96.1. The Hall–Kier alpha value is -3.56. The lowest BCUT2D eigenvalue weighted by molar-refractivity contribution is -0.289. The third kappa shape index (κ3) is 4.79. The van der Waals surface area contributed by atoms with E-state index in [-0.39, 0.29) is 11.5 Å². The highest BCUT2D eigenvalue weighted by atomic mass is 19.4. The quantitative estimate of drug-likeness (QED) is 0.228. The predicted octanol–water partition coefficient (Wildman–Crippen LogP) is 5.90. The van der Waals surface area contributed by atoms with Crippen LogP contribution in [0.4, 0.5) is 26.3 Å². The monoisotopic (exact) mass is 472 g/mol. The lowest BCUT2D eigenvalue weighted by Crippen LogP contribution is -2.55. The molecule has 10 heteroatoms. The highest BCUT2D eigenvalue weighted by Gasteiger charge is 2.73. The second-order valence-electron chi connectivity index (χ2n) is 6.95. The molecular formula is C23H18F6O4. The molecule has 0 radical (unpaired) electrons. The number of aryl methyl sites for hydroxylation is 2. The van der Waals surface area contributed by atoms with Gasteiger partial charge in [0.2, 0.25) is 5.41 Å². The summed E-state index contributed by atoms with van der Waals surface area (Å²) in [4.78, 5) is 22.7. The Bertz CT molecular complexity index is 1010. The predicted molar refractivity (Wildman–Crippen MR) is 107 cm³/mol. The average Bonchev–Trinajstić information content (AvgIpc) is 2.69. The Morgan fingerprint density at radius 2 is 1.06 bits per heavy atom. The Balaban J connectivity index is 2.83. The van der Waals surface area contributed by atoms with Crippen LogP contribution in [0.1, 0.15) is 22.3 Å². The van der Waals surface area contributed by atoms with Gasteiger partial charge in [0.1, 0.15) is 11.5 Å². The number of hydrogen-bond donors (Lipinski definition) is 0. The van der Waals surface area contributed by atoms with Crippen LogP contribution in [0.5, 0.6) is 11.5 Å². The Morgan fingerprint density at radius 1 is 0.727 bits per heavy atom. The SMILES string of the molecule is C=CC(=O)Oc1ccc(C(c2ccc(OC(=O)C=C)cc2C)(C(F)(F)F)C(F)(F)F)c(C)c1. The molecule has 0 aliphatic rings. The molecule has 0 fully saturated rings. The van der Waals surface area contributed by atoms with Gasteiger partial charge < -0.3 is 9.47 Å². The van der Waals surface area contributed by atoms with E-state index in [1.165, 1.54) is 0 Å². The molecule has 0 amide bonds. The summed E-state index contributed by atoms with van der Waals surface area (Å²) in [6.07, 6.45) is -10.1. The van der Waals surface area contributed by atoms with Crippen molar-refractivity contribution in [3.63, 3.8) is 0 Å². The minimum atomic E-state index is -5.82. The molecule has 2 aromatic rings. The molecule has 0 aliphatic carbocycles. The number of carbonyl (C=O) groups excluding carboxylic acids is 2. The van der Waals surface area contributed by atoms with E-state index in [0.29, 0.717) is 12.1 Å². The molecule has 2 rings (SSSR count). The molecule has 4 nitrogen and oxygen atoms in total. The number of carbonyl (C=O) groups is 2. The summed E-state index contributed by atoms with van der Waals surface area (Å²) in [5.74, 6) is -2.35. The first-order chi connectivity index (χ1) is 15.2. The Labute approximate surface area is 185 Å². The van der Waals surface area contributed by atoms with Gasteiger partial charge in [0.25, 0.3) is 0 Å². The molecule has 0 N–H and O–H groups in total. The number of ether oxygens (including phenoxy) is 2. The fourth-order valence-electron chi connectivity index (χ4n) is 3.47. The molecule has 0 heterocycles. The van der Waals surface area contributed by atoms with E-state index >= 15 is 0 Å². The van der Waals surface area contributed by atoms with Crippen molar-refractivity contribution in [2.45, 2.75) is 31.6 Å². The smallest absolute Gasteiger partial charge is 0.411 e. The highest BCUT2D eigenvalue weighted by molar-refractivity contribution is 5.83. The van der Waals surface area contributed by atoms with E-state index in [2.05, 4.69) is 13.2 Å². The molecule has 0 bridgehead atoms. The van der Waals surface area contributed by atoms with Gasteiger partial charge in [-0.2, -0.15) is 26.3 Å². The lowest BCUT2D eigenvalue weighted by Gasteiger charge is -2.40. The number of rotatable bonds is 6. The summed E-state index contributed by atoms with van der Waals surface area (Å²) in [5.41, 5.74) is -7.45. The normalized spacial score (nSPS) is 12.1. The molecule has 33 heavy (non-hydrogen) atoms. The van der Waals surface area contributed by atoms with Crippen LogP contribution in [0, 0.1) is 13.8 Å². The van der Waals surface area contributed by atoms with Gasteiger partial charge >= 0.3 is 24.3 Å². The molecule has 0 saturated carbocycles. The molecule has 2 aromatic carbocycles. The summed E-state index contributed by atoms with van der Waals surface area (Å²) in [5, 5.41) is 0. The minimum absolute atomic E-state index is 0.247. The maximum absolute atomic E-state index is 14.4. The third-order valence-electron chi connectivity index (χ3n) is 4.82. The van der Waals surface area contributed by atoms with Crippen LogP contribution < -0.4 is 9.47 Å². The van der Waals surface area contributed by atoms with Crippen LogP contribution in [0.25, 0.3) is 0 Å². The lowest BCUT2D eigenvalue weighted by atomic mass is 9.70. The average molecular weight is 472 g/mol. The zero-order chi connectivity index (χ0) is 25.2. The van der Waals surface area contributed by atoms with Crippen LogP contribution in [0.3, 0.4) is 0 Å². The van der Waals surface area contributed by atoms with E-state index in [9.17, 15) is 35.9 Å². The summed E-state index contributed by atoms with van der Waals surface area (Å²) >= 11 is 0. The topological polar surface area (TPSA) is 52.6 Å². The second-order valence-corrected chi connectivity index (χ2v) is 6.95. The molecule has 0 unspecified atom stereocenters. The van der Waals surface area contributed by atoms with Crippen molar-refractivity contribution in [1.82, 2.24) is 0 Å². The van der Waals surface area contributed by atoms with Gasteiger partial charge in [0.05, 0.1) is 0 Å². The van der Waals surface area contributed by atoms with Crippen LogP contribution in [-0.4, -0.2) is 24.3 Å². The standard InChI is InChI=1S/C23H18F6O4/c1-5-19(30)32-15-7-9-17(13(3)11-15)21(22(24,25)26,23(27,28)29)18-10-8-16(12-14(18)4)33-20(31)6-2/h5-12H,1-2H2,3-4H3. The van der Waals surface area contributed by atoms with Crippen LogP contribution in [0.15, 0.2) is 61.7 Å². The first-order valence-corrected chi connectivity index (χ1v) is 9.23. The van der Waals surface area contributed by atoms with Gasteiger partial charge in [-0.1, -0.05) is 25.3 Å². The molecule has 0 spiro atoms. The van der Waals surface area contributed by atoms with Gasteiger partial charge in [-0.05, 0) is 60.4 Å². The van der Waals surface area contributed by atoms with Gasteiger partial charge in [-0.15, -0.1) is 0 Å². The maximum atomic E-state index is 14.4. The third-order valence-corrected chi connectivity index (χ3v) is 4.82. The molecule has 0 aliphatic heterocycles. The van der Waals surface area contributed by atoms with Crippen molar-refractivity contribution in [2.24, 2.45) is 0 Å². The van der Waals surface area contributed by atoms with Gasteiger partial charge in [-0.3, -0.25) is 0 Å². The number of esters is 2. The summed E-state index contributed by atoms with van der Waals surface area (Å²) in [6, 6.07) is 4.72. The largest absolute Gasteiger partial charge is 0.423 e. The van der Waals surface area contributed by atoms with Crippen molar-refractivity contribution in [3.8, 4) is 11.5 Å². The molecular weight excluding hydrogens is 454 g/mol. The van der Waals surface area contributed by atoms with Crippen molar-refractivity contribution < 1.29 is 45.4 Å². The zero-order valence-electron chi connectivity index (χ0n) is 17.4. The van der Waals surface area contributed by atoms with Crippen molar-refractivity contribution >= 4 is 11.9 Å². The Morgan fingerprint density at radius 3 is 1.30 bits per heavy atom. The van der Waals surface area contributed by atoms with Crippen LogP contribution in [-0.2, 0) is 15.0 Å². The fraction of sp³-hybridized carbons (Fsp3) is 0.217. The van der Waals surface area contributed by atoms with Crippen molar-refractivity contribution in [1.29, 1.82) is 0 Å². The van der Waals surface area contributed by atoms with Crippen molar-refractivity contribution in [2.75, 3.05) is 0 Å². The van der Waals surface area contributed by atoms with E-state index in [0.717, 1.165) is 50.3 Å². The number of benzene rings is 2. The van der Waals surface area contributed by atoms with Crippen LogP contribution >= 0.6 is 0 Å². The maximum Gasteiger partial charge on any atom is 0.411 e. The van der Waals surface area contributed by atoms with Gasteiger partial charge in [0, 0.05) is 12.2 Å². The fourth-order valence-corrected chi connectivity index (χ4v) is 3.47. The van der Waals surface area contributed by atoms with Gasteiger partial charge in [0.15, 0.2) is 0 Å². The summed E-state index contributed by atoms with van der Waals surface area (Å²) in [6.45, 7) is 8.43. The van der Waals surface area contributed by atoms with E-state index < -0.39 is 52.0 Å². The zero-order valence-corrected chi connectivity index (χ0v) is 17.4. The molecule has 0 saturated heterocycles. The summed E-state index contributed by atoms with van der Waals surface area (Å²) in [7, 11) is 0.